The molecule has 0 saturated carbocycles. The van der Waals surface area contributed by atoms with E-state index in [4.69, 9.17) is 19.3 Å². The molecule has 1 saturated heterocycles. The van der Waals surface area contributed by atoms with Gasteiger partial charge in [0.25, 0.3) is 0 Å². The van der Waals surface area contributed by atoms with Gasteiger partial charge in [-0.25, -0.2) is 9.48 Å². The molecule has 0 radical (unpaired) electrons. The van der Waals surface area contributed by atoms with Crippen LogP contribution in [0.5, 0.6) is 0 Å². The maximum Gasteiger partial charge on any atom is 0.404 e. The molecule has 1 aliphatic rings. The van der Waals surface area contributed by atoms with Crippen molar-refractivity contribution in [1.82, 2.24) is 15.1 Å². The number of methoxy groups -OCH3 is 3. The lowest BCUT2D eigenvalue weighted by Gasteiger charge is -2.35. The predicted molar refractivity (Wildman–Crippen MR) is 116 cm³/mol. The van der Waals surface area contributed by atoms with Gasteiger partial charge in [-0.2, -0.15) is 5.10 Å². The molecule has 1 atom stereocenters. The molecular weight excluding hydrogens is 400 g/mol. The Morgan fingerprint density at radius 3 is 2.68 bits per heavy atom. The van der Waals surface area contributed by atoms with E-state index in [-0.39, 0.29) is 12.8 Å². The molecule has 1 aromatic carbocycles. The van der Waals surface area contributed by atoms with Crippen molar-refractivity contribution in [3.05, 3.63) is 46.6 Å². The van der Waals surface area contributed by atoms with Crippen molar-refractivity contribution in [3.63, 3.8) is 0 Å². The number of nitrogens with zero attached hydrogens (tertiary/aromatic N) is 3. The quantitative estimate of drug-likeness (QED) is 0.588. The van der Waals surface area contributed by atoms with E-state index in [1.807, 2.05) is 16.8 Å². The first-order valence-electron chi connectivity index (χ1n) is 10.4. The Morgan fingerprint density at radius 2 is 2.03 bits per heavy atom. The molecule has 0 bridgehead atoms. The number of benzene rings is 1. The fraction of sp³-hybridized carbons (Fsp3) is 0.545. The van der Waals surface area contributed by atoms with Gasteiger partial charge in [-0.05, 0) is 30.9 Å². The largest absolute Gasteiger partial charge is 0.465 e. The number of rotatable bonds is 9. The van der Waals surface area contributed by atoms with Gasteiger partial charge in [0.2, 0.25) is 6.29 Å². The Labute approximate surface area is 182 Å². The minimum atomic E-state index is -1.00. The van der Waals surface area contributed by atoms with Gasteiger partial charge < -0.3 is 29.5 Å². The van der Waals surface area contributed by atoms with Crippen LogP contribution in [0.3, 0.4) is 0 Å². The molecule has 1 aliphatic heterocycles. The van der Waals surface area contributed by atoms with Crippen LogP contribution < -0.4 is 10.2 Å². The van der Waals surface area contributed by atoms with Gasteiger partial charge in [0.15, 0.2) is 0 Å². The first kappa shape index (κ1) is 23.1. The smallest absolute Gasteiger partial charge is 0.404 e. The molecular formula is C22H32N4O5. The SMILES string of the molecule is COCn1nc(C(OC)OC)c(Cc2ccccc2C)c1N1CCC[C@@H](NC(=O)O)C1. The second-order valence-corrected chi connectivity index (χ2v) is 7.75. The fourth-order valence-corrected chi connectivity index (χ4v) is 4.21. The standard InChI is InChI=1S/C22H32N4O5/c1-15-8-5-6-9-16(15)12-18-19(21(30-3)31-4)24-26(14-29-2)20(18)25-11-7-10-17(13-25)23-22(27)28/h5-6,8-9,17,21,23H,7,10-14H2,1-4H3,(H,27,28)/t17-/m1/s1. The van der Waals surface area contributed by atoms with Crippen LogP contribution in [0, 0.1) is 6.92 Å². The average Bonchev–Trinajstić information content (AvgIpc) is 3.08. The maximum atomic E-state index is 11.2. The van der Waals surface area contributed by atoms with E-state index in [9.17, 15) is 9.90 Å². The van der Waals surface area contributed by atoms with E-state index in [1.165, 1.54) is 11.1 Å². The molecule has 9 heteroatoms. The topological polar surface area (TPSA) is 98.1 Å². The highest BCUT2D eigenvalue weighted by molar-refractivity contribution is 5.65. The van der Waals surface area contributed by atoms with Gasteiger partial charge in [0.1, 0.15) is 18.2 Å². The highest BCUT2D eigenvalue weighted by Gasteiger charge is 2.31. The molecule has 0 aliphatic carbocycles. The van der Waals surface area contributed by atoms with Crippen molar-refractivity contribution >= 4 is 11.9 Å². The molecule has 9 nitrogen and oxygen atoms in total. The summed E-state index contributed by atoms with van der Waals surface area (Å²) in [6, 6.07) is 8.10. The minimum absolute atomic E-state index is 0.146. The second kappa shape index (κ2) is 10.6. The summed E-state index contributed by atoms with van der Waals surface area (Å²) in [4.78, 5) is 13.4. The average molecular weight is 433 g/mol. The number of aromatic nitrogens is 2. The summed E-state index contributed by atoms with van der Waals surface area (Å²) in [5.74, 6) is 0.913. The van der Waals surface area contributed by atoms with Gasteiger partial charge >= 0.3 is 6.09 Å². The van der Waals surface area contributed by atoms with Crippen LogP contribution in [0.15, 0.2) is 24.3 Å². The van der Waals surface area contributed by atoms with Crippen molar-refractivity contribution in [2.45, 2.75) is 45.2 Å². The monoisotopic (exact) mass is 432 g/mol. The van der Waals surface area contributed by atoms with Crippen LogP contribution in [0.4, 0.5) is 10.6 Å². The number of carbonyl (C=O) groups is 1. The molecule has 2 aromatic rings. The lowest BCUT2D eigenvalue weighted by molar-refractivity contribution is -0.109. The van der Waals surface area contributed by atoms with E-state index in [0.717, 1.165) is 30.8 Å². The summed E-state index contributed by atoms with van der Waals surface area (Å²) in [7, 11) is 4.81. The molecule has 0 unspecified atom stereocenters. The number of hydrogen-bond acceptors (Lipinski definition) is 6. The van der Waals surface area contributed by atoms with Crippen molar-refractivity contribution in [1.29, 1.82) is 0 Å². The minimum Gasteiger partial charge on any atom is -0.465 e. The Hall–Kier alpha value is -2.62. The van der Waals surface area contributed by atoms with Crippen molar-refractivity contribution in [2.75, 3.05) is 39.3 Å². The summed E-state index contributed by atoms with van der Waals surface area (Å²) < 4.78 is 18.3. The summed E-state index contributed by atoms with van der Waals surface area (Å²) in [6.45, 7) is 3.72. The van der Waals surface area contributed by atoms with Crippen LogP contribution in [0.2, 0.25) is 0 Å². The second-order valence-electron chi connectivity index (χ2n) is 7.75. The van der Waals surface area contributed by atoms with Gasteiger partial charge in [-0.15, -0.1) is 0 Å². The highest BCUT2D eigenvalue weighted by Crippen LogP contribution is 2.34. The highest BCUT2D eigenvalue weighted by atomic mass is 16.7. The summed E-state index contributed by atoms with van der Waals surface area (Å²) in [5.41, 5.74) is 4.07. The van der Waals surface area contributed by atoms with Crippen molar-refractivity contribution in [2.24, 2.45) is 0 Å². The van der Waals surface area contributed by atoms with Crippen LogP contribution >= 0.6 is 0 Å². The number of piperidine rings is 1. The number of amides is 1. The molecule has 1 amide bonds. The Kier molecular flexibility index (Phi) is 7.89. The van der Waals surface area contributed by atoms with E-state index in [1.54, 1.807) is 21.3 Å². The summed E-state index contributed by atoms with van der Waals surface area (Å²) in [5, 5.41) is 16.6. The van der Waals surface area contributed by atoms with Crippen molar-refractivity contribution < 1.29 is 24.1 Å². The van der Waals surface area contributed by atoms with Gasteiger partial charge in [-0.1, -0.05) is 24.3 Å². The third kappa shape index (κ3) is 5.36. The number of anilines is 1. The zero-order valence-corrected chi connectivity index (χ0v) is 18.6. The van der Waals surface area contributed by atoms with E-state index in [0.29, 0.717) is 18.7 Å². The lowest BCUT2D eigenvalue weighted by atomic mass is 9.98. The van der Waals surface area contributed by atoms with Crippen LogP contribution in [0.1, 0.15) is 41.5 Å². The molecule has 0 spiro atoms. The van der Waals surface area contributed by atoms with E-state index >= 15 is 0 Å². The lowest BCUT2D eigenvalue weighted by Crippen LogP contribution is -2.48. The Morgan fingerprint density at radius 1 is 1.29 bits per heavy atom. The number of aryl methyl sites for hydroxylation is 1. The van der Waals surface area contributed by atoms with Crippen molar-refractivity contribution in [3.8, 4) is 0 Å². The van der Waals surface area contributed by atoms with Crippen LogP contribution in [-0.2, 0) is 27.4 Å². The zero-order chi connectivity index (χ0) is 22.4. The Bertz CT molecular complexity index is 881. The number of carboxylic acid groups (broad SMARTS) is 1. The molecule has 3 rings (SSSR count). The third-order valence-corrected chi connectivity index (χ3v) is 5.63. The number of ether oxygens (including phenoxy) is 3. The molecule has 2 heterocycles. The van der Waals surface area contributed by atoms with E-state index in [2.05, 4.69) is 29.3 Å². The van der Waals surface area contributed by atoms with E-state index < -0.39 is 12.4 Å². The predicted octanol–water partition coefficient (Wildman–Crippen LogP) is 2.91. The normalized spacial score (nSPS) is 16.7. The fourth-order valence-electron chi connectivity index (χ4n) is 4.21. The summed E-state index contributed by atoms with van der Waals surface area (Å²) in [6.07, 6.45) is 0.711. The third-order valence-electron chi connectivity index (χ3n) is 5.63. The van der Waals surface area contributed by atoms with Crippen LogP contribution in [-0.4, -0.2) is 61.4 Å². The summed E-state index contributed by atoms with van der Waals surface area (Å²) >= 11 is 0. The van der Waals surface area contributed by atoms with Crippen LogP contribution in [0.25, 0.3) is 0 Å². The molecule has 1 fully saturated rings. The number of hydrogen-bond donors (Lipinski definition) is 2. The molecule has 170 valence electrons. The van der Waals surface area contributed by atoms with Gasteiger partial charge in [0.05, 0.1) is 0 Å². The van der Waals surface area contributed by atoms with Gasteiger partial charge in [-0.3, -0.25) is 0 Å². The number of nitrogens with one attached hydrogen (secondary N) is 1. The first-order valence-corrected chi connectivity index (χ1v) is 10.4. The molecule has 1 aromatic heterocycles. The molecule has 2 N–H and O–H groups in total. The maximum absolute atomic E-state index is 11.2. The van der Waals surface area contributed by atoms with Gasteiger partial charge in [0, 0.05) is 52.4 Å². The Balaban J connectivity index is 2.08. The zero-order valence-electron chi connectivity index (χ0n) is 18.6. The molecule has 31 heavy (non-hydrogen) atoms. The first-order chi connectivity index (χ1) is 15.0.